The molecule has 1 aromatic carbocycles. The Morgan fingerprint density at radius 1 is 1.33 bits per heavy atom. The van der Waals surface area contributed by atoms with Crippen molar-refractivity contribution in [2.24, 2.45) is 0 Å². The molecule has 0 bridgehead atoms. The van der Waals surface area contributed by atoms with E-state index in [0.717, 1.165) is 48.4 Å². The second kappa shape index (κ2) is 7.32. The standard InChI is InChI=1S/C18H22N2O3S/c1-23-15-8-4-3-7-13(15)17-20-14(11-24-17)16(21)19-12-18(22)9-5-2-6-10-18/h3-4,7-8,11,22H,2,5-6,9-10,12H2,1H3,(H,19,21). The van der Waals surface area contributed by atoms with Crippen molar-refractivity contribution in [3.63, 3.8) is 0 Å². The summed E-state index contributed by atoms with van der Waals surface area (Å²) in [5.74, 6) is 0.488. The highest BCUT2D eigenvalue weighted by atomic mass is 32.1. The smallest absolute Gasteiger partial charge is 0.270 e. The summed E-state index contributed by atoms with van der Waals surface area (Å²) >= 11 is 1.41. The molecular formula is C18H22N2O3S. The minimum absolute atomic E-state index is 0.244. The summed E-state index contributed by atoms with van der Waals surface area (Å²) in [6, 6.07) is 7.60. The SMILES string of the molecule is COc1ccccc1-c1nc(C(=O)NCC2(O)CCCCC2)cs1. The van der Waals surface area contributed by atoms with Crippen LogP contribution in [0, 0.1) is 0 Å². The maximum Gasteiger partial charge on any atom is 0.270 e. The average molecular weight is 346 g/mol. The summed E-state index contributed by atoms with van der Waals surface area (Å²) in [4.78, 5) is 16.7. The van der Waals surface area contributed by atoms with E-state index in [0.29, 0.717) is 5.69 Å². The minimum Gasteiger partial charge on any atom is -0.496 e. The third-order valence-corrected chi connectivity index (χ3v) is 5.31. The van der Waals surface area contributed by atoms with Crippen LogP contribution in [-0.4, -0.2) is 35.3 Å². The minimum atomic E-state index is -0.768. The van der Waals surface area contributed by atoms with E-state index in [2.05, 4.69) is 10.3 Å². The Balaban J connectivity index is 1.67. The molecule has 1 aliphatic rings. The topological polar surface area (TPSA) is 71.5 Å². The van der Waals surface area contributed by atoms with Crippen LogP contribution in [0.1, 0.15) is 42.6 Å². The number of nitrogens with one attached hydrogen (secondary N) is 1. The van der Waals surface area contributed by atoms with Crippen LogP contribution in [0.3, 0.4) is 0 Å². The molecule has 1 aromatic heterocycles. The Hall–Kier alpha value is -1.92. The predicted octanol–water partition coefficient (Wildman–Crippen LogP) is 3.24. The van der Waals surface area contributed by atoms with Crippen molar-refractivity contribution in [3.05, 3.63) is 35.3 Å². The summed E-state index contributed by atoms with van der Waals surface area (Å²) in [6.45, 7) is 0.285. The lowest BCUT2D eigenvalue weighted by Crippen LogP contribution is -2.44. The van der Waals surface area contributed by atoms with Gasteiger partial charge in [-0.15, -0.1) is 11.3 Å². The summed E-state index contributed by atoms with van der Waals surface area (Å²) in [5, 5.41) is 15.8. The third-order valence-electron chi connectivity index (χ3n) is 4.44. The Labute approximate surface area is 145 Å². The van der Waals surface area contributed by atoms with Crippen molar-refractivity contribution in [1.29, 1.82) is 0 Å². The molecular weight excluding hydrogens is 324 g/mol. The van der Waals surface area contributed by atoms with Crippen molar-refractivity contribution < 1.29 is 14.6 Å². The number of methoxy groups -OCH3 is 1. The van der Waals surface area contributed by atoms with Gasteiger partial charge in [-0.1, -0.05) is 31.4 Å². The van der Waals surface area contributed by atoms with E-state index in [1.807, 2.05) is 24.3 Å². The van der Waals surface area contributed by atoms with Gasteiger partial charge in [0.1, 0.15) is 16.5 Å². The third kappa shape index (κ3) is 3.76. The zero-order chi connectivity index (χ0) is 17.0. The molecule has 0 atom stereocenters. The molecule has 1 heterocycles. The molecule has 1 saturated carbocycles. The number of rotatable bonds is 5. The van der Waals surface area contributed by atoms with Crippen LogP contribution in [0.25, 0.3) is 10.6 Å². The summed E-state index contributed by atoms with van der Waals surface area (Å²) in [6.07, 6.45) is 4.68. The van der Waals surface area contributed by atoms with E-state index in [-0.39, 0.29) is 12.5 Å². The van der Waals surface area contributed by atoms with E-state index in [9.17, 15) is 9.90 Å². The summed E-state index contributed by atoms with van der Waals surface area (Å²) in [7, 11) is 1.62. The van der Waals surface area contributed by atoms with E-state index < -0.39 is 5.60 Å². The van der Waals surface area contributed by atoms with Gasteiger partial charge in [-0.3, -0.25) is 4.79 Å². The number of amides is 1. The number of aromatic nitrogens is 1. The molecule has 5 nitrogen and oxygen atoms in total. The Morgan fingerprint density at radius 3 is 2.83 bits per heavy atom. The zero-order valence-corrected chi connectivity index (χ0v) is 14.6. The zero-order valence-electron chi connectivity index (χ0n) is 13.7. The van der Waals surface area contributed by atoms with Gasteiger partial charge >= 0.3 is 0 Å². The number of carbonyl (C=O) groups excluding carboxylic acids is 1. The first-order valence-electron chi connectivity index (χ1n) is 8.21. The van der Waals surface area contributed by atoms with Gasteiger partial charge in [0, 0.05) is 11.9 Å². The Morgan fingerprint density at radius 2 is 2.08 bits per heavy atom. The maximum absolute atomic E-state index is 12.3. The second-order valence-electron chi connectivity index (χ2n) is 6.21. The van der Waals surface area contributed by atoms with Gasteiger partial charge in [-0.2, -0.15) is 0 Å². The van der Waals surface area contributed by atoms with Gasteiger partial charge in [0.05, 0.1) is 18.3 Å². The molecule has 2 aromatic rings. The fourth-order valence-electron chi connectivity index (χ4n) is 3.05. The van der Waals surface area contributed by atoms with Crippen molar-refractivity contribution >= 4 is 17.2 Å². The first kappa shape index (κ1) is 16.9. The highest BCUT2D eigenvalue weighted by molar-refractivity contribution is 7.13. The monoisotopic (exact) mass is 346 g/mol. The number of para-hydroxylation sites is 1. The number of carbonyl (C=O) groups is 1. The van der Waals surface area contributed by atoms with E-state index in [1.54, 1.807) is 12.5 Å². The molecule has 1 aliphatic carbocycles. The van der Waals surface area contributed by atoms with Crippen LogP contribution >= 0.6 is 11.3 Å². The lowest BCUT2D eigenvalue weighted by Gasteiger charge is -2.31. The number of nitrogens with zero attached hydrogens (tertiary/aromatic N) is 1. The van der Waals surface area contributed by atoms with E-state index in [1.165, 1.54) is 11.3 Å². The average Bonchev–Trinajstić information content (AvgIpc) is 3.10. The second-order valence-corrected chi connectivity index (χ2v) is 7.06. The molecule has 1 amide bonds. The van der Waals surface area contributed by atoms with Crippen molar-refractivity contribution in [2.45, 2.75) is 37.7 Å². The predicted molar refractivity (Wildman–Crippen MR) is 94.5 cm³/mol. The lowest BCUT2D eigenvalue weighted by atomic mass is 9.85. The molecule has 1 fully saturated rings. The first-order chi connectivity index (χ1) is 11.6. The fourth-order valence-corrected chi connectivity index (χ4v) is 3.87. The lowest BCUT2D eigenvalue weighted by molar-refractivity contribution is 0.00522. The molecule has 0 spiro atoms. The van der Waals surface area contributed by atoms with Crippen LogP contribution in [0.15, 0.2) is 29.6 Å². The Kier molecular flexibility index (Phi) is 5.16. The number of ether oxygens (including phenoxy) is 1. The molecule has 24 heavy (non-hydrogen) atoms. The van der Waals surface area contributed by atoms with Crippen molar-refractivity contribution in [2.75, 3.05) is 13.7 Å². The number of aliphatic hydroxyl groups is 1. The Bertz CT molecular complexity index is 708. The molecule has 0 saturated heterocycles. The number of thiazole rings is 1. The maximum atomic E-state index is 12.3. The number of hydrogen-bond donors (Lipinski definition) is 2. The molecule has 0 unspecified atom stereocenters. The highest BCUT2D eigenvalue weighted by Gasteiger charge is 2.29. The number of benzene rings is 1. The summed E-state index contributed by atoms with van der Waals surface area (Å²) in [5.41, 5.74) is 0.477. The van der Waals surface area contributed by atoms with Crippen LogP contribution in [0.4, 0.5) is 0 Å². The normalized spacial score (nSPS) is 16.6. The van der Waals surface area contributed by atoms with Gasteiger partial charge in [0.15, 0.2) is 0 Å². The van der Waals surface area contributed by atoms with E-state index >= 15 is 0 Å². The van der Waals surface area contributed by atoms with Crippen LogP contribution in [-0.2, 0) is 0 Å². The van der Waals surface area contributed by atoms with Gasteiger partial charge in [0.2, 0.25) is 0 Å². The molecule has 6 heteroatoms. The quantitative estimate of drug-likeness (QED) is 0.872. The van der Waals surface area contributed by atoms with Crippen LogP contribution in [0.2, 0.25) is 0 Å². The van der Waals surface area contributed by atoms with E-state index in [4.69, 9.17) is 4.74 Å². The molecule has 2 N–H and O–H groups in total. The van der Waals surface area contributed by atoms with Crippen molar-refractivity contribution in [1.82, 2.24) is 10.3 Å². The van der Waals surface area contributed by atoms with Gasteiger partial charge in [-0.25, -0.2) is 4.98 Å². The molecule has 0 aliphatic heterocycles. The molecule has 0 radical (unpaired) electrons. The largest absolute Gasteiger partial charge is 0.496 e. The molecule has 128 valence electrons. The van der Waals surface area contributed by atoms with Crippen LogP contribution in [0.5, 0.6) is 5.75 Å². The number of hydrogen-bond acceptors (Lipinski definition) is 5. The molecule has 3 rings (SSSR count). The fraction of sp³-hybridized carbons (Fsp3) is 0.444. The van der Waals surface area contributed by atoms with Crippen molar-refractivity contribution in [3.8, 4) is 16.3 Å². The van der Waals surface area contributed by atoms with Gasteiger partial charge < -0.3 is 15.2 Å². The highest BCUT2D eigenvalue weighted by Crippen LogP contribution is 2.32. The van der Waals surface area contributed by atoms with Gasteiger partial charge in [0.25, 0.3) is 5.91 Å². The summed E-state index contributed by atoms with van der Waals surface area (Å²) < 4.78 is 5.34. The van der Waals surface area contributed by atoms with Gasteiger partial charge in [-0.05, 0) is 25.0 Å². The first-order valence-corrected chi connectivity index (χ1v) is 9.09. The van der Waals surface area contributed by atoms with Crippen LogP contribution < -0.4 is 10.1 Å².